The number of esters is 1. The molecule has 0 spiro atoms. The molecule has 0 atom stereocenters. The molecule has 5 aromatic rings. The second-order valence-corrected chi connectivity index (χ2v) is 10.5. The summed E-state index contributed by atoms with van der Waals surface area (Å²) in [6.45, 7) is 0. The van der Waals surface area contributed by atoms with Crippen molar-refractivity contribution in [1.82, 2.24) is 10.4 Å². The first kappa shape index (κ1) is 26.2. The van der Waals surface area contributed by atoms with E-state index in [9.17, 15) is 9.59 Å². The standard InChI is InChI=1S/C27H15Br2Cl2N3O4/c28-16-9-15(25(18(29)10-16)38-27(36)21-7-4-8-37-21)13-32-34-26(35)24-22(14-5-2-1-3-6-14)23-19(31)11-17(30)12-20(23)33-24/h1-13,33H,(H,34,35). The molecule has 0 saturated heterocycles. The Bertz CT molecular complexity index is 1700. The van der Waals surface area contributed by atoms with Crippen LogP contribution in [0.3, 0.4) is 0 Å². The van der Waals surface area contributed by atoms with Gasteiger partial charge in [-0.15, -0.1) is 0 Å². The number of carbonyl (C=O) groups is 2. The van der Waals surface area contributed by atoms with Crippen LogP contribution in [0.4, 0.5) is 0 Å². The van der Waals surface area contributed by atoms with Crippen molar-refractivity contribution in [3.05, 3.63) is 109 Å². The molecule has 7 nitrogen and oxygen atoms in total. The molecule has 11 heteroatoms. The Kier molecular flexibility index (Phi) is 7.71. The van der Waals surface area contributed by atoms with Gasteiger partial charge >= 0.3 is 5.97 Å². The van der Waals surface area contributed by atoms with E-state index in [1.807, 2.05) is 30.3 Å². The number of rotatable bonds is 6. The number of ether oxygens (including phenoxy) is 1. The van der Waals surface area contributed by atoms with Gasteiger partial charge in [0, 0.05) is 31.5 Å². The van der Waals surface area contributed by atoms with Crippen molar-refractivity contribution >= 4 is 84.1 Å². The Hall–Kier alpha value is -3.37. The summed E-state index contributed by atoms with van der Waals surface area (Å²) in [5, 5.41) is 5.63. The lowest BCUT2D eigenvalue weighted by Crippen LogP contribution is -2.19. The number of hydrogen-bond acceptors (Lipinski definition) is 5. The molecule has 3 aromatic carbocycles. The molecule has 0 saturated carbocycles. The molecule has 0 aliphatic rings. The number of nitrogens with zero attached hydrogens (tertiary/aromatic N) is 1. The molecule has 2 aromatic heterocycles. The first-order chi connectivity index (χ1) is 18.3. The molecule has 0 aliphatic heterocycles. The van der Waals surface area contributed by atoms with E-state index in [1.165, 1.54) is 18.5 Å². The summed E-state index contributed by atoms with van der Waals surface area (Å²) in [6.07, 6.45) is 2.74. The van der Waals surface area contributed by atoms with Crippen molar-refractivity contribution in [2.24, 2.45) is 5.10 Å². The first-order valence-electron chi connectivity index (χ1n) is 11.0. The normalized spacial score (nSPS) is 11.3. The van der Waals surface area contributed by atoms with Gasteiger partial charge in [-0.05, 0) is 57.9 Å². The number of fused-ring (bicyclic) bond motifs is 1. The zero-order valence-electron chi connectivity index (χ0n) is 19.1. The van der Waals surface area contributed by atoms with Crippen molar-refractivity contribution in [2.45, 2.75) is 0 Å². The highest BCUT2D eigenvalue weighted by Gasteiger charge is 2.22. The summed E-state index contributed by atoms with van der Waals surface area (Å²) >= 11 is 19.5. The van der Waals surface area contributed by atoms with E-state index in [0.29, 0.717) is 41.0 Å². The van der Waals surface area contributed by atoms with E-state index in [-0.39, 0.29) is 17.2 Å². The van der Waals surface area contributed by atoms with Gasteiger partial charge in [0.2, 0.25) is 5.76 Å². The number of hydrogen-bond donors (Lipinski definition) is 2. The van der Waals surface area contributed by atoms with E-state index in [2.05, 4.69) is 47.4 Å². The van der Waals surface area contributed by atoms with E-state index in [0.717, 1.165) is 5.56 Å². The van der Waals surface area contributed by atoms with Crippen LogP contribution in [-0.2, 0) is 0 Å². The fourth-order valence-corrected chi connectivity index (χ4v) is 5.78. The van der Waals surface area contributed by atoms with Gasteiger partial charge in [-0.3, -0.25) is 4.79 Å². The fraction of sp³-hybridized carbons (Fsp3) is 0. The summed E-state index contributed by atoms with van der Waals surface area (Å²) in [7, 11) is 0. The number of nitrogens with one attached hydrogen (secondary N) is 2. The molecule has 0 radical (unpaired) electrons. The number of amides is 1. The second kappa shape index (κ2) is 11.2. The third-order valence-corrected chi connectivity index (χ3v) is 6.99. The zero-order chi connectivity index (χ0) is 26.8. The Morgan fingerprint density at radius 2 is 1.82 bits per heavy atom. The van der Waals surface area contributed by atoms with Crippen LogP contribution < -0.4 is 10.2 Å². The lowest BCUT2D eigenvalue weighted by atomic mass is 10.0. The number of furan rings is 1. The summed E-state index contributed by atoms with van der Waals surface area (Å²) in [4.78, 5) is 28.9. The molecule has 0 aliphatic carbocycles. The molecular formula is C27H15Br2Cl2N3O4. The summed E-state index contributed by atoms with van der Waals surface area (Å²) in [5.74, 6) is -0.948. The van der Waals surface area contributed by atoms with E-state index in [4.69, 9.17) is 32.4 Å². The Balaban J connectivity index is 1.47. The molecule has 0 unspecified atom stereocenters. The number of H-pyrrole nitrogens is 1. The van der Waals surface area contributed by atoms with Crippen LogP contribution in [0.25, 0.3) is 22.0 Å². The molecule has 5 rings (SSSR count). The van der Waals surface area contributed by atoms with Gasteiger partial charge in [0.1, 0.15) is 5.69 Å². The topological polar surface area (TPSA) is 96.7 Å². The minimum Gasteiger partial charge on any atom is -0.457 e. The quantitative estimate of drug-likeness (QED) is 0.0820. The van der Waals surface area contributed by atoms with Gasteiger partial charge in [-0.2, -0.15) is 5.10 Å². The first-order valence-corrected chi connectivity index (χ1v) is 13.3. The third-order valence-electron chi connectivity index (χ3n) is 5.43. The predicted octanol–water partition coefficient (Wildman–Crippen LogP) is 8.24. The molecule has 190 valence electrons. The number of carbonyl (C=O) groups excluding carboxylic acids is 2. The predicted molar refractivity (Wildman–Crippen MR) is 154 cm³/mol. The molecule has 0 fully saturated rings. The fourth-order valence-electron chi connectivity index (χ4n) is 3.85. The van der Waals surface area contributed by atoms with Gasteiger partial charge in [0.05, 0.1) is 22.0 Å². The number of halogens is 4. The van der Waals surface area contributed by atoms with Crippen molar-refractivity contribution < 1.29 is 18.7 Å². The van der Waals surface area contributed by atoms with Crippen LogP contribution in [0.5, 0.6) is 5.75 Å². The molecule has 0 bridgehead atoms. The highest BCUT2D eigenvalue weighted by Crippen LogP contribution is 2.38. The van der Waals surface area contributed by atoms with Crippen LogP contribution in [-0.4, -0.2) is 23.1 Å². The van der Waals surface area contributed by atoms with Crippen molar-refractivity contribution in [3.8, 4) is 16.9 Å². The van der Waals surface area contributed by atoms with Crippen molar-refractivity contribution in [2.75, 3.05) is 0 Å². The van der Waals surface area contributed by atoms with Gasteiger partial charge < -0.3 is 14.1 Å². The van der Waals surface area contributed by atoms with Crippen molar-refractivity contribution in [1.29, 1.82) is 0 Å². The highest BCUT2D eigenvalue weighted by atomic mass is 79.9. The third kappa shape index (κ3) is 5.42. The average molecular weight is 676 g/mol. The average Bonchev–Trinajstić information content (AvgIpc) is 3.55. The minimum atomic E-state index is -0.683. The van der Waals surface area contributed by atoms with Gasteiger partial charge in [-0.25, -0.2) is 10.2 Å². The van der Waals surface area contributed by atoms with E-state index < -0.39 is 11.9 Å². The zero-order valence-corrected chi connectivity index (χ0v) is 23.8. The second-order valence-electron chi connectivity index (χ2n) is 7.92. The maximum Gasteiger partial charge on any atom is 0.379 e. The molecule has 2 heterocycles. The lowest BCUT2D eigenvalue weighted by molar-refractivity contribution is 0.0699. The van der Waals surface area contributed by atoms with Gasteiger partial charge in [-0.1, -0.05) is 69.5 Å². The largest absolute Gasteiger partial charge is 0.457 e. The summed E-state index contributed by atoms with van der Waals surface area (Å²) in [5.41, 5.74) is 5.23. The summed E-state index contributed by atoms with van der Waals surface area (Å²) < 4.78 is 11.8. The number of benzene rings is 3. The van der Waals surface area contributed by atoms with Crippen molar-refractivity contribution in [3.63, 3.8) is 0 Å². The SMILES string of the molecule is O=C(Oc1c(Br)cc(Br)cc1C=NNC(=O)c1[nH]c2cc(Cl)cc(Cl)c2c1-c1ccccc1)c1ccco1. The monoisotopic (exact) mass is 673 g/mol. The summed E-state index contributed by atoms with van der Waals surface area (Å²) in [6, 6.07) is 19.2. The molecular weight excluding hydrogens is 661 g/mol. The molecule has 2 N–H and O–H groups in total. The highest BCUT2D eigenvalue weighted by molar-refractivity contribution is 9.11. The van der Waals surface area contributed by atoms with Crippen LogP contribution in [0, 0.1) is 0 Å². The van der Waals surface area contributed by atoms with Gasteiger partial charge in [0.15, 0.2) is 5.75 Å². The number of aromatic amines is 1. The van der Waals surface area contributed by atoms with Crippen LogP contribution in [0.1, 0.15) is 26.6 Å². The maximum absolute atomic E-state index is 13.3. The van der Waals surface area contributed by atoms with E-state index in [1.54, 1.807) is 30.3 Å². The van der Waals surface area contributed by atoms with Crippen LogP contribution in [0.2, 0.25) is 10.0 Å². The minimum absolute atomic E-state index is 0.0435. The molecule has 1 amide bonds. The Morgan fingerprint density at radius 1 is 1.03 bits per heavy atom. The van der Waals surface area contributed by atoms with Gasteiger partial charge in [0.25, 0.3) is 5.91 Å². The van der Waals surface area contributed by atoms with E-state index >= 15 is 0 Å². The van der Waals surface area contributed by atoms with Crippen LogP contribution >= 0.6 is 55.1 Å². The maximum atomic E-state index is 13.3. The Labute approximate surface area is 243 Å². The number of hydrazone groups is 1. The van der Waals surface area contributed by atoms with Crippen LogP contribution in [0.15, 0.2) is 91.5 Å². The number of aromatic nitrogens is 1. The Morgan fingerprint density at radius 3 is 2.55 bits per heavy atom. The smallest absolute Gasteiger partial charge is 0.379 e. The molecule has 38 heavy (non-hydrogen) atoms. The lowest BCUT2D eigenvalue weighted by Gasteiger charge is -2.09.